The minimum absolute atomic E-state index is 0.129. The van der Waals surface area contributed by atoms with Crippen LogP contribution in [-0.4, -0.2) is 63.8 Å². The van der Waals surface area contributed by atoms with Gasteiger partial charge < -0.3 is 19.9 Å². The Morgan fingerprint density at radius 3 is 3.00 bits per heavy atom. The zero-order chi connectivity index (χ0) is 25.5. The number of anilines is 1. The SMILES string of the molecule is COCC1CCCN1Cc1cnc(Cl)nc1Oc1ccc2c(ccc3sc4c(c32)NC[C@@H](C)NC4O)n1. The lowest BCUT2D eigenvalue weighted by Gasteiger charge is -2.24. The summed E-state index contributed by atoms with van der Waals surface area (Å²) in [4.78, 5) is 16.6. The lowest BCUT2D eigenvalue weighted by atomic mass is 10.1. The Kier molecular flexibility index (Phi) is 6.87. The van der Waals surface area contributed by atoms with E-state index in [0.29, 0.717) is 31.0 Å². The van der Waals surface area contributed by atoms with Crippen molar-refractivity contribution in [3.63, 3.8) is 0 Å². The van der Waals surface area contributed by atoms with Crippen molar-refractivity contribution in [3.8, 4) is 11.8 Å². The molecule has 2 unspecified atom stereocenters. The maximum absolute atomic E-state index is 10.7. The van der Waals surface area contributed by atoms with Crippen LogP contribution in [0.15, 0.2) is 30.5 Å². The summed E-state index contributed by atoms with van der Waals surface area (Å²) < 4.78 is 12.7. The van der Waals surface area contributed by atoms with Crippen molar-refractivity contribution in [2.45, 2.75) is 44.6 Å². The molecule has 37 heavy (non-hydrogen) atoms. The van der Waals surface area contributed by atoms with Crippen molar-refractivity contribution in [1.29, 1.82) is 0 Å². The number of nitrogens with one attached hydrogen (secondary N) is 2. The van der Waals surface area contributed by atoms with E-state index in [1.165, 1.54) is 0 Å². The third kappa shape index (κ3) is 4.85. The number of ether oxygens (including phenoxy) is 2. The highest BCUT2D eigenvalue weighted by Crippen LogP contribution is 2.43. The van der Waals surface area contributed by atoms with E-state index in [9.17, 15) is 5.11 Å². The monoisotopic (exact) mass is 540 g/mol. The molecule has 1 fully saturated rings. The molecule has 0 spiro atoms. The van der Waals surface area contributed by atoms with E-state index < -0.39 is 6.23 Å². The van der Waals surface area contributed by atoms with Crippen LogP contribution < -0.4 is 15.4 Å². The lowest BCUT2D eigenvalue weighted by molar-refractivity contribution is 0.111. The minimum Gasteiger partial charge on any atom is -0.420 e. The van der Waals surface area contributed by atoms with Crippen LogP contribution in [0.2, 0.25) is 5.28 Å². The minimum atomic E-state index is -0.706. The highest BCUT2D eigenvalue weighted by atomic mass is 35.5. The van der Waals surface area contributed by atoms with Crippen LogP contribution in [0.4, 0.5) is 5.69 Å². The summed E-state index contributed by atoms with van der Waals surface area (Å²) in [5.74, 6) is 0.840. The van der Waals surface area contributed by atoms with Crippen LogP contribution in [0.25, 0.3) is 21.0 Å². The highest BCUT2D eigenvalue weighted by Gasteiger charge is 2.27. The summed E-state index contributed by atoms with van der Waals surface area (Å²) in [5, 5.41) is 19.6. The lowest BCUT2D eigenvalue weighted by Crippen LogP contribution is -2.32. The first-order valence-electron chi connectivity index (χ1n) is 12.5. The van der Waals surface area contributed by atoms with Gasteiger partial charge in [-0.2, -0.15) is 4.98 Å². The quantitative estimate of drug-likeness (QED) is 0.300. The number of fused-ring (bicyclic) bond motifs is 5. The first-order chi connectivity index (χ1) is 18.0. The maximum atomic E-state index is 10.7. The molecule has 4 aromatic rings. The van der Waals surface area contributed by atoms with Crippen LogP contribution in [0.3, 0.4) is 0 Å². The Labute approximate surface area is 223 Å². The second-order valence-corrected chi connectivity index (χ2v) is 11.1. The van der Waals surface area contributed by atoms with Gasteiger partial charge in [-0.05, 0) is 56.1 Å². The van der Waals surface area contributed by atoms with Gasteiger partial charge in [-0.25, -0.2) is 9.97 Å². The molecule has 2 aliphatic rings. The van der Waals surface area contributed by atoms with E-state index in [-0.39, 0.29) is 11.3 Å². The number of hydrogen-bond donors (Lipinski definition) is 3. The summed E-state index contributed by atoms with van der Waals surface area (Å²) >= 11 is 7.73. The van der Waals surface area contributed by atoms with Crippen LogP contribution in [0, 0.1) is 0 Å². The molecule has 11 heteroatoms. The molecule has 3 atom stereocenters. The summed E-state index contributed by atoms with van der Waals surface area (Å²) in [6.07, 6.45) is 3.26. The number of hydrogen-bond acceptors (Lipinski definition) is 10. The van der Waals surface area contributed by atoms with E-state index >= 15 is 0 Å². The Morgan fingerprint density at radius 1 is 1.24 bits per heavy atom. The van der Waals surface area contributed by atoms with E-state index in [1.54, 1.807) is 24.6 Å². The molecular weight excluding hydrogens is 512 g/mol. The summed E-state index contributed by atoms with van der Waals surface area (Å²) in [5.41, 5.74) is 2.62. The molecular formula is C26H29ClN6O3S. The van der Waals surface area contributed by atoms with Crippen LogP contribution in [0.1, 0.15) is 36.4 Å². The van der Waals surface area contributed by atoms with E-state index in [2.05, 4.69) is 25.5 Å². The summed E-state index contributed by atoms with van der Waals surface area (Å²) in [6, 6.07) is 8.40. The van der Waals surface area contributed by atoms with Crippen LogP contribution >= 0.6 is 22.9 Å². The normalized spacial score (nSPS) is 22.2. The Morgan fingerprint density at radius 2 is 2.14 bits per heavy atom. The zero-order valence-corrected chi connectivity index (χ0v) is 22.3. The van der Waals surface area contributed by atoms with Gasteiger partial charge in [0.25, 0.3) is 0 Å². The van der Waals surface area contributed by atoms with Gasteiger partial charge in [-0.3, -0.25) is 10.2 Å². The number of aliphatic hydroxyl groups is 1. The molecule has 0 saturated carbocycles. The van der Waals surface area contributed by atoms with Gasteiger partial charge in [0.05, 0.1) is 22.7 Å². The van der Waals surface area contributed by atoms with Crippen molar-refractivity contribution in [3.05, 3.63) is 46.2 Å². The molecule has 0 aliphatic carbocycles. The Bertz CT molecular complexity index is 1450. The number of methoxy groups -OCH3 is 1. The first-order valence-corrected chi connectivity index (χ1v) is 13.7. The predicted octanol–water partition coefficient (Wildman–Crippen LogP) is 4.69. The molecule has 3 aromatic heterocycles. The number of benzene rings is 1. The molecule has 0 bridgehead atoms. The number of aromatic nitrogens is 3. The first kappa shape index (κ1) is 24.7. The third-order valence-electron chi connectivity index (χ3n) is 7.03. The van der Waals surface area contributed by atoms with Crippen molar-refractivity contribution >= 4 is 49.6 Å². The van der Waals surface area contributed by atoms with Gasteiger partial charge in [0, 0.05) is 65.6 Å². The van der Waals surface area contributed by atoms with Crippen molar-refractivity contribution in [1.82, 2.24) is 25.2 Å². The molecule has 9 nitrogen and oxygen atoms in total. The summed E-state index contributed by atoms with van der Waals surface area (Å²) in [7, 11) is 1.73. The number of nitrogens with zero attached hydrogens (tertiary/aromatic N) is 4. The van der Waals surface area contributed by atoms with Crippen molar-refractivity contribution in [2.75, 3.05) is 32.1 Å². The number of pyridine rings is 1. The fourth-order valence-electron chi connectivity index (χ4n) is 5.26. The number of thiophene rings is 1. The highest BCUT2D eigenvalue weighted by molar-refractivity contribution is 7.20. The van der Waals surface area contributed by atoms with Gasteiger partial charge in [-0.15, -0.1) is 11.3 Å². The molecule has 1 saturated heterocycles. The molecule has 6 rings (SSSR count). The largest absolute Gasteiger partial charge is 0.420 e. The summed E-state index contributed by atoms with van der Waals surface area (Å²) in [6.45, 7) is 5.10. The van der Waals surface area contributed by atoms with E-state index in [0.717, 1.165) is 63.0 Å². The number of halogens is 1. The second kappa shape index (κ2) is 10.3. The molecule has 0 amide bonds. The second-order valence-electron chi connectivity index (χ2n) is 9.64. The zero-order valence-electron chi connectivity index (χ0n) is 20.7. The third-order valence-corrected chi connectivity index (χ3v) is 8.42. The average Bonchev–Trinajstić information content (AvgIpc) is 3.45. The molecule has 1 aromatic carbocycles. The standard InChI is InChI=1S/C26H29ClN6O3S/c1-14-10-28-22-21-17-5-8-20(31-18(17)6-7-19(21)37-23(22)24(34)30-14)36-25-15(11-29-26(27)32-25)12-33-9-3-4-16(33)13-35-2/h5-8,11,14,16,24,28,30,34H,3-4,9-10,12-13H2,1-2H3/t14-,16?,24?/m1/s1. The Hall–Kier alpha value is -2.60. The fraction of sp³-hybridized carbons (Fsp3) is 0.423. The fourth-order valence-corrected chi connectivity index (χ4v) is 6.52. The topological polar surface area (TPSA) is 105 Å². The van der Waals surface area contributed by atoms with Gasteiger partial charge in [0.15, 0.2) is 0 Å². The van der Waals surface area contributed by atoms with E-state index in [4.69, 9.17) is 26.1 Å². The van der Waals surface area contributed by atoms with Gasteiger partial charge >= 0.3 is 0 Å². The molecule has 2 aliphatic heterocycles. The number of likely N-dealkylation sites (tertiary alicyclic amines) is 1. The Balaban J connectivity index is 1.33. The average molecular weight is 541 g/mol. The predicted molar refractivity (Wildman–Crippen MR) is 146 cm³/mol. The van der Waals surface area contributed by atoms with Gasteiger partial charge in [-0.1, -0.05) is 0 Å². The van der Waals surface area contributed by atoms with Crippen molar-refractivity contribution in [2.24, 2.45) is 0 Å². The van der Waals surface area contributed by atoms with Crippen LogP contribution in [0.5, 0.6) is 11.8 Å². The molecule has 0 radical (unpaired) electrons. The smallest absolute Gasteiger partial charge is 0.230 e. The van der Waals surface area contributed by atoms with E-state index in [1.807, 2.05) is 31.2 Å². The van der Waals surface area contributed by atoms with Crippen LogP contribution in [-0.2, 0) is 11.3 Å². The number of rotatable bonds is 6. The van der Waals surface area contributed by atoms with Gasteiger partial charge in [0.2, 0.25) is 17.0 Å². The molecule has 5 heterocycles. The number of aliphatic hydroxyl groups excluding tert-OH is 1. The maximum Gasteiger partial charge on any atom is 0.230 e. The van der Waals surface area contributed by atoms with Crippen molar-refractivity contribution < 1.29 is 14.6 Å². The molecule has 3 N–H and O–H groups in total. The molecule has 194 valence electrons. The van der Waals surface area contributed by atoms with Gasteiger partial charge in [0.1, 0.15) is 6.23 Å².